The van der Waals surface area contributed by atoms with E-state index < -0.39 is 35.0 Å². The van der Waals surface area contributed by atoms with Gasteiger partial charge in [0.2, 0.25) is 5.88 Å². The fourth-order valence-electron chi connectivity index (χ4n) is 3.67. The van der Waals surface area contributed by atoms with E-state index in [9.17, 15) is 29.1 Å². The van der Waals surface area contributed by atoms with Crippen molar-refractivity contribution in [3.8, 4) is 23.1 Å². The summed E-state index contributed by atoms with van der Waals surface area (Å²) in [4.78, 5) is 65.1. The van der Waals surface area contributed by atoms with Crippen molar-refractivity contribution in [2.45, 2.75) is 0 Å². The van der Waals surface area contributed by atoms with Gasteiger partial charge in [-0.05, 0) is 60.7 Å². The van der Waals surface area contributed by atoms with Crippen LogP contribution >= 0.6 is 0 Å². The summed E-state index contributed by atoms with van der Waals surface area (Å²) in [5.74, 6) is -1.23. The number of nitrogens with zero attached hydrogens (tertiary/aromatic N) is 2. The molecule has 1 aliphatic heterocycles. The highest BCUT2D eigenvalue weighted by atomic mass is 16.5. The Hall–Kier alpha value is -5.65. The highest BCUT2D eigenvalue weighted by molar-refractivity contribution is 6.37. The molecule has 2 heterocycles. The average molecular weight is 530 g/mol. The van der Waals surface area contributed by atoms with Crippen molar-refractivity contribution in [3.63, 3.8) is 0 Å². The summed E-state index contributed by atoms with van der Waals surface area (Å²) in [6.07, 6.45) is 6.55. The molecule has 0 bridgehead atoms. The third-order valence-electron chi connectivity index (χ3n) is 5.63. The lowest BCUT2D eigenvalue weighted by Gasteiger charge is -2.26. The van der Waals surface area contributed by atoms with Gasteiger partial charge in [-0.3, -0.25) is 24.7 Å². The lowest BCUT2D eigenvalue weighted by atomic mass is 10.1. The van der Waals surface area contributed by atoms with Gasteiger partial charge in [0.05, 0.1) is 25.6 Å². The number of barbiturate groups is 1. The number of ether oxygens (including phenoxy) is 2. The Balaban J connectivity index is 1.57. The fourth-order valence-corrected chi connectivity index (χ4v) is 3.67. The molecule has 0 atom stereocenters. The number of methoxy groups -OCH3 is 2. The first-order valence-corrected chi connectivity index (χ1v) is 11.4. The molecular weight excluding hydrogens is 508 g/mol. The molecule has 3 aromatic rings. The van der Waals surface area contributed by atoms with Gasteiger partial charge in [0.1, 0.15) is 22.6 Å². The van der Waals surface area contributed by atoms with Crippen LogP contribution in [0.25, 0.3) is 11.8 Å². The van der Waals surface area contributed by atoms with E-state index in [1.807, 2.05) is 0 Å². The third kappa shape index (κ3) is 5.39. The Morgan fingerprint density at radius 3 is 1.97 bits per heavy atom. The number of aromatic amines is 1. The molecular formula is C27H22N4O8. The van der Waals surface area contributed by atoms with E-state index in [2.05, 4.69) is 10.3 Å². The molecule has 4 amide bonds. The molecule has 3 N–H and O–H groups in total. The van der Waals surface area contributed by atoms with Crippen LogP contribution in [0.4, 0.5) is 10.5 Å². The van der Waals surface area contributed by atoms with Gasteiger partial charge in [0, 0.05) is 0 Å². The van der Waals surface area contributed by atoms with Gasteiger partial charge in [-0.2, -0.15) is 0 Å². The second-order valence-corrected chi connectivity index (χ2v) is 7.95. The van der Waals surface area contributed by atoms with E-state index in [0.717, 1.165) is 9.47 Å². The van der Waals surface area contributed by atoms with Crippen molar-refractivity contribution in [2.75, 3.05) is 19.1 Å². The Morgan fingerprint density at radius 2 is 1.38 bits per heavy atom. The zero-order valence-electron chi connectivity index (χ0n) is 20.7. The molecule has 1 aromatic heterocycles. The van der Waals surface area contributed by atoms with Crippen LogP contribution in [0.3, 0.4) is 0 Å². The number of allylic oxidation sites excluding steroid dienone is 4. The monoisotopic (exact) mass is 530 g/mol. The molecule has 4 rings (SSSR count). The molecule has 39 heavy (non-hydrogen) atoms. The zero-order chi connectivity index (χ0) is 28.1. The van der Waals surface area contributed by atoms with Crippen LogP contribution in [0.1, 0.15) is 5.56 Å². The van der Waals surface area contributed by atoms with Crippen molar-refractivity contribution in [1.82, 2.24) is 14.9 Å². The van der Waals surface area contributed by atoms with Crippen LogP contribution in [0.5, 0.6) is 17.4 Å². The number of aromatic hydroxyl groups is 1. The van der Waals surface area contributed by atoms with Crippen LogP contribution < -0.4 is 30.9 Å². The first-order valence-electron chi connectivity index (χ1n) is 11.4. The predicted molar refractivity (Wildman–Crippen MR) is 141 cm³/mol. The van der Waals surface area contributed by atoms with Crippen LogP contribution in [0.15, 0.2) is 88.0 Å². The van der Waals surface area contributed by atoms with Crippen molar-refractivity contribution in [1.29, 1.82) is 0 Å². The van der Waals surface area contributed by atoms with E-state index in [1.165, 1.54) is 68.9 Å². The second-order valence-electron chi connectivity index (χ2n) is 7.95. The van der Waals surface area contributed by atoms with Gasteiger partial charge in [0.15, 0.2) is 0 Å². The summed E-state index contributed by atoms with van der Waals surface area (Å²) in [5, 5.41) is 12.7. The number of carbonyl (C=O) groups excluding carboxylic acids is 3. The molecule has 0 radical (unpaired) electrons. The summed E-state index contributed by atoms with van der Waals surface area (Å²) in [6, 6.07) is 11.5. The zero-order valence-corrected chi connectivity index (χ0v) is 20.7. The number of amides is 4. The van der Waals surface area contributed by atoms with Crippen LogP contribution in [0, 0.1) is 0 Å². The van der Waals surface area contributed by atoms with E-state index in [0.29, 0.717) is 17.2 Å². The Morgan fingerprint density at radius 1 is 0.795 bits per heavy atom. The number of hydrogen-bond acceptors (Lipinski definition) is 8. The average Bonchev–Trinajstić information content (AvgIpc) is 2.92. The highest BCUT2D eigenvalue weighted by Gasteiger charge is 2.36. The molecule has 0 unspecified atom stereocenters. The fraction of sp³-hybridized carbons (Fsp3) is 0.0741. The quantitative estimate of drug-likeness (QED) is 0.238. The number of anilines is 1. The lowest BCUT2D eigenvalue weighted by molar-refractivity contribution is -0.122. The molecule has 0 spiro atoms. The number of urea groups is 1. The maximum atomic E-state index is 12.9. The predicted octanol–water partition coefficient (Wildman–Crippen LogP) is 2.03. The van der Waals surface area contributed by atoms with Gasteiger partial charge in [-0.1, -0.05) is 18.2 Å². The van der Waals surface area contributed by atoms with Crippen molar-refractivity contribution in [3.05, 3.63) is 105 Å². The molecule has 198 valence electrons. The number of H-pyrrole nitrogens is 1. The standard InChI is InChI=1S/C27H22N4O8/c1-38-18-12-8-16(9-13-18)30-24(34)20(22(32)28-26(30)36)6-4-3-5-7-21-23(33)29-27(37)31(25(21)35)17-10-14-19(39-2)15-11-17/h3-15,34H,1-2H3,(H,28,32,36)(H,29,33,37)/b5-3+,6-4+,21-7+. The largest absolute Gasteiger partial charge is 0.497 e. The maximum absolute atomic E-state index is 12.9. The molecule has 2 aromatic carbocycles. The van der Waals surface area contributed by atoms with E-state index in [-0.39, 0.29) is 16.8 Å². The van der Waals surface area contributed by atoms with Gasteiger partial charge in [-0.25, -0.2) is 19.1 Å². The van der Waals surface area contributed by atoms with E-state index in [1.54, 1.807) is 24.3 Å². The first kappa shape index (κ1) is 26.4. The third-order valence-corrected chi connectivity index (χ3v) is 5.63. The topological polar surface area (TPSA) is 160 Å². The minimum absolute atomic E-state index is 0.203. The molecule has 12 nitrogen and oxygen atoms in total. The summed E-state index contributed by atoms with van der Waals surface area (Å²) in [5.41, 5.74) is -1.63. The van der Waals surface area contributed by atoms with Crippen molar-refractivity contribution < 1.29 is 29.0 Å². The van der Waals surface area contributed by atoms with Gasteiger partial charge >= 0.3 is 11.7 Å². The Bertz CT molecular complexity index is 1640. The molecule has 1 saturated heterocycles. The minimum Gasteiger partial charge on any atom is -0.497 e. The number of imide groups is 2. The SMILES string of the molecule is COc1ccc(N2C(=O)NC(=O)\C(=C/C=C/C=C/c3c(O)n(-c4ccc(OC)cc4)c(=O)[nH]c3=O)C2=O)cc1. The lowest BCUT2D eigenvalue weighted by Crippen LogP contribution is -2.54. The molecule has 12 heteroatoms. The smallest absolute Gasteiger partial charge is 0.335 e. The highest BCUT2D eigenvalue weighted by Crippen LogP contribution is 2.23. The number of nitrogens with one attached hydrogen (secondary N) is 2. The molecule has 0 saturated carbocycles. The first-order chi connectivity index (χ1) is 18.7. The molecule has 0 aliphatic carbocycles. The van der Waals surface area contributed by atoms with Gasteiger partial charge in [-0.15, -0.1) is 0 Å². The van der Waals surface area contributed by atoms with E-state index in [4.69, 9.17) is 9.47 Å². The maximum Gasteiger partial charge on any atom is 0.335 e. The Labute approximate surface area is 220 Å². The van der Waals surface area contributed by atoms with E-state index >= 15 is 0 Å². The normalized spacial score (nSPS) is 14.9. The van der Waals surface area contributed by atoms with Crippen LogP contribution in [-0.2, 0) is 9.59 Å². The number of benzene rings is 2. The number of hydrogen-bond donors (Lipinski definition) is 3. The summed E-state index contributed by atoms with van der Waals surface area (Å²) in [7, 11) is 2.96. The van der Waals surface area contributed by atoms with Crippen molar-refractivity contribution in [2.24, 2.45) is 0 Å². The summed E-state index contributed by atoms with van der Waals surface area (Å²) in [6.45, 7) is 0. The minimum atomic E-state index is -0.891. The molecule has 1 aliphatic rings. The van der Waals surface area contributed by atoms with Crippen LogP contribution in [0.2, 0.25) is 0 Å². The summed E-state index contributed by atoms with van der Waals surface area (Å²) < 4.78 is 11.1. The van der Waals surface area contributed by atoms with Crippen LogP contribution in [-0.4, -0.2) is 46.7 Å². The molecule has 1 fully saturated rings. The number of aromatic nitrogens is 2. The number of rotatable bonds is 7. The van der Waals surface area contributed by atoms with Crippen molar-refractivity contribution >= 4 is 29.6 Å². The summed E-state index contributed by atoms with van der Waals surface area (Å²) >= 11 is 0. The second kappa shape index (κ2) is 11.2. The number of carbonyl (C=O) groups is 3. The Kier molecular flexibility index (Phi) is 7.57. The van der Waals surface area contributed by atoms with Gasteiger partial charge < -0.3 is 14.6 Å². The van der Waals surface area contributed by atoms with Gasteiger partial charge in [0.25, 0.3) is 17.4 Å².